The Balaban J connectivity index is 1.65. The van der Waals surface area contributed by atoms with Gasteiger partial charge in [0.1, 0.15) is 5.75 Å². The van der Waals surface area contributed by atoms with Crippen LogP contribution in [0.1, 0.15) is 30.8 Å². The van der Waals surface area contributed by atoms with Gasteiger partial charge in [-0.25, -0.2) is 4.98 Å². The number of nitrogens with zero attached hydrogens (tertiary/aromatic N) is 1. The number of hydrogen-bond donors (Lipinski definition) is 1. The van der Waals surface area contributed by atoms with Crippen LogP contribution in [0.2, 0.25) is 0 Å². The van der Waals surface area contributed by atoms with Crippen molar-refractivity contribution in [1.29, 1.82) is 0 Å². The van der Waals surface area contributed by atoms with Gasteiger partial charge in [-0.2, -0.15) is 0 Å². The van der Waals surface area contributed by atoms with E-state index in [0.717, 1.165) is 38.3 Å². The number of hydrogen-bond acceptors (Lipinski definition) is 4. The van der Waals surface area contributed by atoms with Gasteiger partial charge in [-0.1, -0.05) is 26.0 Å². The number of rotatable bonds is 9. The molecule has 2 rings (SSSR count). The fourth-order valence-electron chi connectivity index (χ4n) is 1.92. The first-order valence-corrected chi connectivity index (χ1v) is 8.43. The monoisotopic (exact) mass is 304 g/mol. The number of benzene rings is 1. The maximum Gasteiger partial charge on any atom is 0.119 e. The Bertz CT molecular complexity index is 494. The molecule has 1 aromatic carbocycles. The van der Waals surface area contributed by atoms with E-state index in [-0.39, 0.29) is 0 Å². The molecule has 0 unspecified atom stereocenters. The van der Waals surface area contributed by atoms with Gasteiger partial charge in [0.2, 0.25) is 0 Å². The molecular weight excluding hydrogens is 280 g/mol. The lowest BCUT2D eigenvalue weighted by atomic mass is 10.1. The summed E-state index contributed by atoms with van der Waals surface area (Å²) in [6.45, 7) is 7.06. The van der Waals surface area contributed by atoms with Crippen molar-refractivity contribution < 1.29 is 4.74 Å². The summed E-state index contributed by atoms with van der Waals surface area (Å²) in [4.78, 5) is 4.28. The molecule has 0 aliphatic carbocycles. The van der Waals surface area contributed by atoms with Gasteiger partial charge in [0.25, 0.3) is 0 Å². The summed E-state index contributed by atoms with van der Waals surface area (Å²) in [5.41, 5.74) is 1.28. The van der Waals surface area contributed by atoms with Crippen LogP contribution in [0.5, 0.6) is 5.75 Å². The van der Waals surface area contributed by atoms with Gasteiger partial charge in [0, 0.05) is 31.1 Å². The van der Waals surface area contributed by atoms with E-state index < -0.39 is 0 Å². The average Bonchev–Trinajstić information content (AvgIpc) is 2.98. The summed E-state index contributed by atoms with van der Waals surface area (Å²) in [7, 11) is 0. The third kappa shape index (κ3) is 6.27. The van der Waals surface area contributed by atoms with Crippen molar-refractivity contribution in [3.05, 3.63) is 46.4 Å². The quantitative estimate of drug-likeness (QED) is 0.713. The van der Waals surface area contributed by atoms with Crippen molar-refractivity contribution in [1.82, 2.24) is 10.3 Å². The molecule has 0 aliphatic rings. The third-order valence-corrected chi connectivity index (χ3v) is 4.05. The first-order chi connectivity index (χ1) is 10.2. The van der Waals surface area contributed by atoms with Gasteiger partial charge in [-0.15, -0.1) is 11.3 Å². The number of aromatic nitrogens is 1. The Kier molecular flexibility index (Phi) is 6.70. The molecule has 0 amide bonds. The first kappa shape index (κ1) is 16.0. The molecule has 0 fully saturated rings. The van der Waals surface area contributed by atoms with Gasteiger partial charge in [0.15, 0.2) is 0 Å². The van der Waals surface area contributed by atoms with Gasteiger partial charge in [-0.05, 0) is 30.0 Å². The second-order valence-electron chi connectivity index (χ2n) is 5.53. The maximum atomic E-state index is 5.72. The SMILES string of the molecule is CC(C)CCOc1ccc(CNCCc2nccs2)cc1. The minimum Gasteiger partial charge on any atom is -0.494 e. The van der Waals surface area contributed by atoms with Crippen LogP contribution in [0.25, 0.3) is 0 Å². The zero-order valence-corrected chi connectivity index (χ0v) is 13.7. The Morgan fingerprint density at radius 3 is 2.71 bits per heavy atom. The number of thiazole rings is 1. The van der Waals surface area contributed by atoms with E-state index in [9.17, 15) is 0 Å². The first-order valence-electron chi connectivity index (χ1n) is 7.55. The normalized spacial score (nSPS) is 11.0. The van der Waals surface area contributed by atoms with E-state index in [0.29, 0.717) is 5.92 Å². The molecule has 0 saturated carbocycles. The molecule has 0 aliphatic heterocycles. The molecule has 1 aromatic heterocycles. The maximum absolute atomic E-state index is 5.72. The van der Waals surface area contributed by atoms with Crippen molar-refractivity contribution in [2.24, 2.45) is 5.92 Å². The van der Waals surface area contributed by atoms with E-state index in [4.69, 9.17) is 4.74 Å². The molecule has 4 heteroatoms. The minimum absolute atomic E-state index is 0.686. The summed E-state index contributed by atoms with van der Waals surface area (Å²) in [5, 5.41) is 6.66. The Hall–Kier alpha value is -1.39. The number of ether oxygens (including phenoxy) is 1. The summed E-state index contributed by atoms with van der Waals surface area (Å²) in [6.07, 6.45) is 3.95. The van der Waals surface area contributed by atoms with E-state index in [1.165, 1.54) is 10.6 Å². The summed E-state index contributed by atoms with van der Waals surface area (Å²) >= 11 is 1.71. The molecule has 0 bridgehead atoms. The Morgan fingerprint density at radius 1 is 1.24 bits per heavy atom. The van der Waals surface area contributed by atoms with Crippen LogP contribution in [0.4, 0.5) is 0 Å². The molecule has 1 heterocycles. The highest BCUT2D eigenvalue weighted by molar-refractivity contribution is 7.09. The molecular formula is C17H24N2OS. The zero-order valence-electron chi connectivity index (χ0n) is 12.8. The fourth-order valence-corrected chi connectivity index (χ4v) is 2.54. The minimum atomic E-state index is 0.686. The highest BCUT2D eigenvalue weighted by atomic mass is 32.1. The van der Waals surface area contributed by atoms with Gasteiger partial charge >= 0.3 is 0 Å². The van der Waals surface area contributed by atoms with Crippen LogP contribution >= 0.6 is 11.3 Å². The van der Waals surface area contributed by atoms with Crippen LogP contribution in [0, 0.1) is 5.92 Å². The van der Waals surface area contributed by atoms with E-state index in [1.807, 2.05) is 11.6 Å². The summed E-state index contributed by atoms with van der Waals surface area (Å²) in [6, 6.07) is 8.36. The van der Waals surface area contributed by atoms with Crippen LogP contribution in [0.15, 0.2) is 35.8 Å². The Morgan fingerprint density at radius 2 is 2.05 bits per heavy atom. The molecule has 3 nitrogen and oxygen atoms in total. The van der Waals surface area contributed by atoms with Crippen molar-refractivity contribution in [2.45, 2.75) is 33.2 Å². The molecule has 2 aromatic rings. The molecule has 1 N–H and O–H groups in total. The molecule has 0 saturated heterocycles. The van der Waals surface area contributed by atoms with Gasteiger partial charge < -0.3 is 10.1 Å². The van der Waals surface area contributed by atoms with E-state index in [1.54, 1.807) is 11.3 Å². The predicted molar refractivity (Wildman–Crippen MR) is 88.9 cm³/mol. The van der Waals surface area contributed by atoms with Crippen molar-refractivity contribution >= 4 is 11.3 Å². The third-order valence-electron chi connectivity index (χ3n) is 3.22. The molecule has 0 spiro atoms. The van der Waals surface area contributed by atoms with E-state index >= 15 is 0 Å². The second-order valence-corrected chi connectivity index (χ2v) is 6.51. The lowest BCUT2D eigenvalue weighted by Gasteiger charge is -2.09. The van der Waals surface area contributed by atoms with Gasteiger partial charge in [-0.3, -0.25) is 0 Å². The molecule has 21 heavy (non-hydrogen) atoms. The van der Waals surface area contributed by atoms with Crippen molar-refractivity contribution in [3.63, 3.8) is 0 Å². The summed E-state index contributed by atoms with van der Waals surface area (Å²) < 4.78 is 5.72. The van der Waals surface area contributed by atoms with Crippen LogP contribution in [0.3, 0.4) is 0 Å². The topological polar surface area (TPSA) is 34.1 Å². The van der Waals surface area contributed by atoms with Crippen LogP contribution in [-0.2, 0) is 13.0 Å². The highest BCUT2D eigenvalue weighted by Crippen LogP contribution is 2.13. The lowest BCUT2D eigenvalue weighted by molar-refractivity contribution is 0.289. The van der Waals surface area contributed by atoms with Crippen LogP contribution < -0.4 is 10.1 Å². The highest BCUT2D eigenvalue weighted by Gasteiger charge is 1.99. The largest absolute Gasteiger partial charge is 0.494 e. The summed E-state index contributed by atoms with van der Waals surface area (Å²) in [5.74, 6) is 1.65. The zero-order chi connectivity index (χ0) is 14.9. The average molecular weight is 304 g/mol. The predicted octanol–water partition coefficient (Wildman–Crippen LogP) is 3.90. The Labute approximate surface area is 131 Å². The standard InChI is InChI=1S/C17H24N2OS/c1-14(2)8-11-20-16-5-3-15(4-6-16)13-18-9-7-17-19-10-12-21-17/h3-6,10,12,14,18H,7-9,11,13H2,1-2H3. The smallest absolute Gasteiger partial charge is 0.119 e. The van der Waals surface area contributed by atoms with Crippen molar-refractivity contribution in [2.75, 3.05) is 13.2 Å². The number of nitrogens with one attached hydrogen (secondary N) is 1. The fraction of sp³-hybridized carbons (Fsp3) is 0.471. The lowest BCUT2D eigenvalue weighted by Crippen LogP contribution is -2.16. The van der Waals surface area contributed by atoms with E-state index in [2.05, 4.69) is 48.4 Å². The van der Waals surface area contributed by atoms with Crippen LogP contribution in [-0.4, -0.2) is 18.1 Å². The van der Waals surface area contributed by atoms with Crippen molar-refractivity contribution in [3.8, 4) is 5.75 Å². The van der Waals surface area contributed by atoms with Gasteiger partial charge in [0.05, 0.1) is 11.6 Å². The second kappa shape index (κ2) is 8.80. The molecule has 0 radical (unpaired) electrons. The molecule has 0 atom stereocenters. The molecule has 114 valence electrons.